The molecule has 1 unspecified atom stereocenters. The molecule has 0 fully saturated rings. The van der Waals surface area contributed by atoms with E-state index < -0.39 is 17.6 Å². The molecule has 0 saturated heterocycles. The van der Waals surface area contributed by atoms with E-state index in [1.165, 1.54) is 12.0 Å². The molecule has 35 heavy (non-hydrogen) atoms. The standard InChI is InChI=1S/C30H33NO4/c1-5-11-21-16-17-24(29(34)35-4)27(18-21)30(19-28(33)31(6-2)20(3)32)25-14-9-7-12-22(25)23-13-8-10-15-26(23)30/h7-10,12-18,20,32H,5-6,11,19H2,1-4H3. The summed E-state index contributed by atoms with van der Waals surface area (Å²) in [6.45, 7) is 5.96. The van der Waals surface area contributed by atoms with Gasteiger partial charge in [-0.15, -0.1) is 0 Å². The van der Waals surface area contributed by atoms with Crippen LogP contribution in [0.2, 0.25) is 0 Å². The van der Waals surface area contributed by atoms with Gasteiger partial charge < -0.3 is 14.7 Å². The van der Waals surface area contributed by atoms with E-state index in [1.807, 2.05) is 43.3 Å². The van der Waals surface area contributed by atoms with E-state index in [0.29, 0.717) is 12.1 Å². The normalized spacial score (nSPS) is 14.1. The number of amides is 1. The van der Waals surface area contributed by atoms with Gasteiger partial charge in [-0.2, -0.15) is 0 Å². The fourth-order valence-electron chi connectivity index (χ4n) is 5.56. The van der Waals surface area contributed by atoms with Gasteiger partial charge in [0.15, 0.2) is 0 Å². The lowest BCUT2D eigenvalue weighted by atomic mass is 9.68. The van der Waals surface area contributed by atoms with Crippen LogP contribution >= 0.6 is 0 Å². The molecule has 3 aromatic rings. The lowest BCUT2D eigenvalue weighted by molar-refractivity contribution is -0.140. The van der Waals surface area contributed by atoms with Crippen LogP contribution in [0.4, 0.5) is 0 Å². The minimum atomic E-state index is -0.914. The van der Waals surface area contributed by atoms with Crippen LogP contribution in [0, 0.1) is 0 Å². The molecule has 1 aliphatic rings. The molecule has 0 radical (unpaired) electrons. The van der Waals surface area contributed by atoms with Gasteiger partial charge in [0.25, 0.3) is 0 Å². The number of ether oxygens (including phenoxy) is 1. The van der Waals surface area contributed by atoms with Crippen LogP contribution in [0.1, 0.15) is 66.2 Å². The second-order valence-electron chi connectivity index (χ2n) is 9.11. The molecule has 1 N–H and O–H groups in total. The molecular formula is C30H33NO4. The predicted octanol–water partition coefficient (Wildman–Crippen LogP) is 5.32. The molecule has 0 aromatic heterocycles. The summed E-state index contributed by atoms with van der Waals surface area (Å²) in [6, 6.07) is 22.1. The van der Waals surface area contributed by atoms with Gasteiger partial charge in [-0.25, -0.2) is 4.79 Å². The summed E-state index contributed by atoms with van der Waals surface area (Å²) in [5.41, 5.74) is 5.48. The zero-order valence-corrected chi connectivity index (χ0v) is 20.9. The van der Waals surface area contributed by atoms with Crippen LogP contribution in [-0.2, 0) is 21.4 Å². The van der Waals surface area contributed by atoms with Crippen molar-refractivity contribution in [3.05, 3.63) is 94.5 Å². The van der Waals surface area contributed by atoms with Crippen molar-refractivity contribution in [2.75, 3.05) is 13.7 Å². The minimum absolute atomic E-state index is 0.0827. The number of nitrogens with zero attached hydrogens (tertiary/aromatic N) is 1. The molecule has 5 nitrogen and oxygen atoms in total. The number of hydrogen-bond donors (Lipinski definition) is 1. The monoisotopic (exact) mass is 471 g/mol. The largest absolute Gasteiger partial charge is 0.465 e. The Labute approximate surface area is 207 Å². The van der Waals surface area contributed by atoms with E-state index in [0.717, 1.165) is 46.2 Å². The van der Waals surface area contributed by atoms with E-state index in [9.17, 15) is 14.7 Å². The van der Waals surface area contributed by atoms with Crippen LogP contribution in [0.5, 0.6) is 0 Å². The maximum absolute atomic E-state index is 13.8. The van der Waals surface area contributed by atoms with Crippen molar-refractivity contribution in [3.8, 4) is 11.1 Å². The van der Waals surface area contributed by atoms with Gasteiger partial charge in [0.05, 0.1) is 18.1 Å². The summed E-state index contributed by atoms with van der Waals surface area (Å²) >= 11 is 0. The fourth-order valence-corrected chi connectivity index (χ4v) is 5.56. The number of carbonyl (C=O) groups is 2. The summed E-state index contributed by atoms with van der Waals surface area (Å²) in [4.78, 5) is 28.3. The van der Waals surface area contributed by atoms with Crippen LogP contribution in [0.25, 0.3) is 11.1 Å². The summed E-state index contributed by atoms with van der Waals surface area (Å²) in [5, 5.41) is 10.3. The Morgan fingerprint density at radius 3 is 2.06 bits per heavy atom. The van der Waals surface area contributed by atoms with Crippen molar-refractivity contribution in [2.45, 2.75) is 51.7 Å². The van der Waals surface area contributed by atoms with E-state index >= 15 is 0 Å². The zero-order valence-electron chi connectivity index (χ0n) is 20.9. The first kappa shape index (κ1) is 24.7. The maximum Gasteiger partial charge on any atom is 0.338 e. The molecule has 0 spiro atoms. The first-order valence-corrected chi connectivity index (χ1v) is 12.3. The highest BCUT2D eigenvalue weighted by Gasteiger charge is 2.48. The average molecular weight is 472 g/mol. The molecule has 0 heterocycles. The van der Waals surface area contributed by atoms with Crippen LogP contribution < -0.4 is 0 Å². The summed E-state index contributed by atoms with van der Waals surface area (Å²) < 4.78 is 5.19. The van der Waals surface area contributed by atoms with Gasteiger partial charge >= 0.3 is 5.97 Å². The molecule has 1 amide bonds. The second kappa shape index (κ2) is 10.0. The molecule has 4 rings (SSSR count). The Morgan fingerprint density at radius 1 is 0.943 bits per heavy atom. The lowest BCUT2D eigenvalue weighted by Gasteiger charge is -2.36. The number of carbonyl (C=O) groups excluding carboxylic acids is 2. The van der Waals surface area contributed by atoms with Crippen molar-refractivity contribution in [1.29, 1.82) is 0 Å². The number of aliphatic hydroxyl groups excluding tert-OH is 1. The first-order valence-electron chi connectivity index (χ1n) is 12.3. The Bertz CT molecular complexity index is 1200. The number of aryl methyl sites for hydroxylation is 1. The van der Waals surface area contributed by atoms with Crippen molar-refractivity contribution in [2.24, 2.45) is 0 Å². The maximum atomic E-state index is 13.8. The highest BCUT2D eigenvalue weighted by Crippen LogP contribution is 2.55. The third kappa shape index (κ3) is 4.14. The lowest BCUT2D eigenvalue weighted by Crippen LogP contribution is -2.43. The number of aliphatic hydroxyl groups is 1. The third-order valence-corrected chi connectivity index (χ3v) is 7.08. The molecule has 1 atom stereocenters. The number of hydrogen-bond acceptors (Lipinski definition) is 4. The smallest absolute Gasteiger partial charge is 0.338 e. The van der Waals surface area contributed by atoms with Gasteiger partial charge in [-0.1, -0.05) is 74.0 Å². The zero-order chi connectivity index (χ0) is 25.2. The topological polar surface area (TPSA) is 66.8 Å². The highest BCUT2D eigenvalue weighted by molar-refractivity contribution is 5.96. The van der Waals surface area contributed by atoms with Gasteiger partial charge in [0.2, 0.25) is 5.91 Å². The summed E-state index contributed by atoms with van der Waals surface area (Å²) in [7, 11) is 1.38. The number of esters is 1. The third-order valence-electron chi connectivity index (χ3n) is 7.08. The predicted molar refractivity (Wildman–Crippen MR) is 137 cm³/mol. The van der Waals surface area contributed by atoms with E-state index in [1.54, 1.807) is 6.92 Å². The minimum Gasteiger partial charge on any atom is -0.465 e. The molecule has 0 bridgehead atoms. The molecule has 1 aliphatic carbocycles. The average Bonchev–Trinajstić information content (AvgIpc) is 3.14. The fraction of sp³-hybridized carbons (Fsp3) is 0.333. The van der Waals surface area contributed by atoms with Crippen LogP contribution in [0.3, 0.4) is 0 Å². The number of rotatable bonds is 8. The van der Waals surface area contributed by atoms with Gasteiger partial charge in [-0.05, 0) is 59.7 Å². The van der Waals surface area contributed by atoms with Crippen LogP contribution in [-0.4, -0.2) is 41.8 Å². The molecular weight excluding hydrogens is 438 g/mol. The summed E-state index contributed by atoms with van der Waals surface area (Å²) in [5.74, 6) is -0.606. The Morgan fingerprint density at radius 2 is 1.54 bits per heavy atom. The SMILES string of the molecule is CCCc1ccc(C(=O)OC)c(C2(CC(=O)N(CC)C(C)O)c3ccccc3-c3ccccc32)c1. The Hall–Kier alpha value is -3.44. The molecule has 0 saturated carbocycles. The van der Waals surface area contributed by atoms with Gasteiger partial charge in [0.1, 0.15) is 6.23 Å². The number of fused-ring (bicyclic) bond motifs is 3. The van der Waals surface area contributed by atoms with Gasteiger partial charge in [0, 0.05) is 13.0 Å². The van der Waals surface area contributed by atoms with Crippen LogP contribution in [0.15, 0.2) is 66.7 Å². The van der Waals surface area contributed by atoms with E-state index in [-0.39, 0.29) is 12.3 Å². The van der Waals surface area contributed by atoms with Crippen molar-refractivity contribution in [1.82, 2.24) is 4.90 Å². The van der Waals surface area contributed by atoms with Crippen molar-refractivity contribution in [3.63, 3.8) is 0 Å². The molecule has 182 valence electrons. The van der Waals surface area contributed by atoms with Crippen molar-refractivity contribution < 1.29 is 19.4 Å². The quantitative estimate of drug-likeness (QED) is 0.357. The number of benzene rings is 3. The van der Waals surface area contributed by atoms with E-state index in [4.69, 9.17) is 4.74 Å². The van der Waals surface area contributed by atoms with E-state index in [2.05, 4.69) is 37.3 Å². The molecule has 0 aliphatic heterocycles. The highest BCUT2D eigenvalue weighted by atomic mass is 16.5. The Balaban J connectivity index is 2.08. The summed E-state index contributed by atoms with van der Waals surface area (Å²) in [6.07, 6.45) is 0.986. The molecule has 5 heteroatoms. The number of methoxy groups -OCH3 is 1. The Kier molecular flexibility index (Phi) is 7.08. The first-order chi connectivity index (χ1) is 16.9. The van der Waals surface area contributed by atoms with Crippen molar-refractivity contribution >= 4 is 11.9 Å². The second-order valence-corrected chi connectivity index (χ2v) is 9.11. The molecule has 3 aromatic carbocycles. The van der Waals surface area contributed by atoms with Gasteiger partial charge in [-0.3, -0.25) is 4.79 Å².